The zero-order valence-electron chi connectivity index (χ0n) is 21.9. The molecule has 0 spiro atoms. The van der Waals surface area contributed by atoms with Crippen LogP contribution >= 0.6 is 0 Å². The zero-order chi connectivity index (χ0) is 31.3. The maximum absolute atomic E-state index is 13.7. The Morgan fingerprint density at radius 1 is 1.02 bits per heavy atom. The van der Waals surface area contributed by atoms with Crippen LogP contribution in [0.2, 0.25) is 0 Å². The van der Waals surface area contributed by atoms with Gasteiger partial charge in [0.15, 0.2) is 0 Å². The fourth-order valence-corrected chi connectivity index (χ4v) is 6.38. The lowest BCUT2D eigenvalue weighted by atomic mass is 10.1. The van der Waals surface area contributed by atoms with Gasteiger partial charge in [0.25, 0.3) is 10.0 Å². The summed E-state index contributed by atoms with van der Waals surface area (Å²) >= 11 is 0. The first-order valence-electron chi connectivity index (χ1n) is 12.5. The highest BCUT2D eigenvalue weighted by Gasteiger charge is 2.44. The van der Waals surface area contributed by atoms with Gasteiger partial charge in [0.2, 0.25) is 16.8 Å². The van der Waals surface area contributed by atoms with E-state index in [4.69, 9.17) is 4.42 Å². The summed E-state index contributed by atoms with van der Waals surface area (Å²) in [6.07, 6.45) is -7.71. The van der Waals surface area contributed by atoms with Crippen molar-refractivity contribution in [2.24, 2.45) is 5.92 Å². The molecular formula is C26H20F7N5O4S. The van der Waals surface area contributed by atoms with Crippen molar-refractivity contribution in [3.05, 3.63) is 71.7 Å². The second kappa shape index (κ2) is 10.9. The largest absolute Gasteiger partial charge is 0.451 e. The van der Waals surface area contributed by atoms with Crippen molar-refractivity contribution in [1.29, 1.82) is 0 Å². The lowest BCUT2D eigenvalue weighted by Gasteiger charge is -2.22. The van der Waals surface area contributed by atoms with Crippen LogP contribution < -0.4 is 5.32 Å². The summed E-state index contributed by atoms with van der Waals surface area (Å²) in [5.41, 5.74) is -1.90. The second-order valence-corrected chi connectivity index (χ2v) is 11.7. The Balaban J connectivity index is 1.39. The number of sulfonamides is 1. The number of benzene rings is 1. The highest BCUT2D eigenvalue weighted by molar-refractivity contribution is 7.89. The first-order valence-corrected chi connectivity index (χ1v) is 13.9. The second-order valence-electron chi connectivity index (χ2n) is 9.91. The van der Waals surface area contributed by atoms with Crippen LogP contribution in [0.1, 0.15) is 30.3 Å². The summed E-state index contributed by atoms with van der Waals surface area (Å²) in [5, 5.41) is 1.98. The van der Waals surface area contributed by atoms with Gasteiger partial charge in [0.1, 0.15) is 17.4 Å². The highest BCUT2D eigenvalue weighted by Crippen LogP contribution is 2.35. The monoisotopic (exact) mass is 631 g/mol. The minimum Gasteiger partial charge on any atom is -0.443 e. The molecule has 1 amide bonds. The van der Waals surface area contributed by atoms with Gasteiger partial charge in [0.05, 0.1) is 11.3 Å². The molecule has 0 bridgehead atoms. The molecule has 4 aromatic rings. The number of carbonyl (C=O) groups excluding carboxylic acids is 1. The number of nitrogens with one attached hydrogen (secondary N) is 1. The number of nitrogens with zero attached hydrogens (tertiary/aromatic N) is 4. The quantitative estimate of drug-likeness (QED) is 0.292. The number of carbonyl (C=O) groups is 1. The maximum atomic E-state index is 13.7. The molecule has 4 heterocycles. The topological polar surface area (TPSA) is 118 Å². The number of fused-ring (bicyclic) bond motifs is 1. The van der Waals surface area contributed by atoms with Gasteiger partial charge in [-0.25, -0.2) is 22.8 Å². The molecule has 1 N–H and O–H groups in total. The molecule has 1 aromatic carbocycles. The Bertz CT molecular complexity index is 1790. The summed E-state index contributed by atoms with van der Waals surface area (Å²) in [4.78, 5) is 23.2. The van der Waals surface area contributed by atoms with E-state index < -0.39 is 68.7 Å². The minimum atomic E-state index is -4.90. The number of pyridine rings is 1. The molecule has 1 unspecified atom stereocenters. The predicted molar refractivity (Wildman–Crippen MR) is 135 cm³/mol. The molecule has 1 fully saturated rings. The lowest BCUT2D eigenvalue weighted by molar-refractivity contribution is -0.145. The zero-order valence-corrected chi connectivity index (χ0v) is 22.7. The van der Waals surface area contributed by atoms with Crippen LogP contribution in [0.15, 0.2) is 58.4 Å². The molecule has 17 heteroatoms. The van der Waals surface area contributed by atoms with E-state index in [0.717, 1.165) is 41.0 Å². The van der Waals surface area contributed by atoms with Crippen LogP contribution in [0.25, 0.3) is 22.2 Å². The predicted octanol–water partition coefficient (Wildman–Crippen LogP) is 5.18. The maximum Gasteiger partial charge on any atom is 0.451 e. The van der Waals surface area contributed by atoms with E-state index in [0.29, 0.717) is 6.20 Å². The summed E-state index contributed by atoms with van der Waals surface area (Å²) in [6, 6.07) is 4.15. The van der Waals surface area contributed by atoms with Crippen molar-refractivity contribution in [3.63, 3.8) is 0 Å². The number of hydrogen-bond acceptors (Lipinski definition) is 7. The van der Waals surface area contributed by atoms with Crippen molar-refractivity contribution >= 4 is 26.9 Å². The summed E-state index contributed by atoms with van der Waals surface area (Å²) in [6.45, 7) is 0.882. The van der Waals surface area contributed by atoms with E-state index in [-0.39, 0.29) is 41.1 Å². The Morgan fingerprint density at radius 2 is 1.72 bits per heavy atom. The van der Waals surface area contributed by atoms with Gasteiger partial charge in [-0.05, 0) is 42.2 Å². The molecule has 9 nitrogen and oxygen atoms in total. The Hall–Kier alpha value is -4.12. The van der Waals surface area contributed by atoms with Crippen LogP contribution in [0.4, 0.5) is 30.7 Å². The van der Waals surface area contributed by atoms with Crippen LogP contribution in [0, 0.1) is 11.7 Å². The number of amides is 1. The number of furan rings is 1. The average molecular weight is 632 g/mol. The Labute approximate surface area is 238 Å². The van der Waals surface area contributed by atoms with Crippen LogP contribution in [0.5, 0.6) is 0 Å². The SMILES string of the molecule is CC1C[C@@H](C(=O)NCc2cc(-c3cnc(C(F)(F)F)nc3)ncc2C(F)(F)F)N(S(=O)(=O)c2cc3cc(F)ccc3o2)C1. The number of halogens is 7. The lowest BCUT2D eigenvalue weighted by Crippen LogP contribution is -2.45. The summed E-state index contributed by atoms with van der Waals surface area (Å²) in [5.74, 6) is -3.26. The Morgan fingerprint density at radius 3 is 2.37 bits per heavy atom. The van der Waals surface area contributed by atoms with E-state index in [2.05, 4.69) is 20.3 Å². The van der Waals surface area contributed by atoms with Crippen molar-refractivity contribution in [2.75, 3.05) is 6.54 Å². The molecular weight excluding hydrogens is 611 g/mol. The molecule has 0 aliphatic carbocycles. The molecule has 2 atom stereocenters. The van der Waals surface area contributed by atoms with E-state index in [1.807, 2.05) is 0 Å². The van der Waals surface area contributed by atoms with Crippen molar-refractivity contribution < 1.29 is 48.4 Å². The van der Waals surface area contributed by atoms with Crippen LogP contribution in [0.3, 0.4) is 0 Å². The minimum absolute atomic E-state index is 0.0521. The first kappa shape index (κ1) is 30.3. The molecule has 1 saturated heterocycles. The Kier molecular flexibility index (Phi) is 7.66. The van der Waals surface area contributed by atoms with Gasteiger partial charge in [-0.15, -0.1) is 0 Å². The smallest absolute Gasteiger partial charge is 0.443 e. The molecule has 1 aliphatic heterocycles. The first-order chi connectivity index (χ1) is 20.0. The average Bonchev–Trinajstić information content (AvgIpc) is 3.55. The molecule has 3 aromatic heterocycles. The summed E-state index contributed by atoms with van der Waals surface area (Å²) in [7, 11) is -4.41. The van der Waals surface area contributed by atoms with Gasteiger partial charge in [-0.3, -0.25) is 9.78 Å². The number of rotatable bonds is 6. The molecule has 228 valence electrons. The third-order valence-corrected chi connectivity index (χ3v) is 8.47. The summed E-state index contributed by atoms with van der Waals surface area (Å²) < 4.78 is 126. The molecule has 0 saturated carbocycles. The fourth-order valence-electron chi connectivity index (χ4n) is 4.71. The van der Waals surface area contributed by atoms with Gasteiger partial charge >= 0.3 is 12.4 Å². The standard InChI is InChI=1S/C26H20F7N5O4S/c1-13-4-20(38(12-13)43(40,41)22-7-14-5-17(27)2-3-21(14)42-22)23(39)35-8-15-6-19(34-11-18(15)25(28,29)30)16-9-36-24(37-10-16)26(31,32)33/h2-3,5-7,9-11,13,20H,4,8,12H2,1H3,(H,35,39)/t13?,20-/m0/s1. The number of aromatic nitrogens is 3. The van der Waals surface area contributed by atoms with Gasteiger partial charge in [0, 0.05) is 48.7 Å². The van der Waals surface area contributed by atoms with Crippen molar-refractivity contribution in [2.45, 2.75) is 43.4 Å². The molecule has 0 radical (unpaired) electrons. The van der Waals surface area contributed by atoms with Gasteiger partial charge in [-0.1, -0.05) is 6.92 Å². The number of alkyl halides is 6. The van der Waals surface area contributed by atoms with E-state index in [9.17, 15) is 43.9 Å². The van der Waals surface area contributed by atoms with E-state index >= 15 is 0 Å². The van der Waals surface area contributed by atoms with E-state index in [1.165, 1.54) is 6.07 Å². The van der Waals surface area contributed by atoms with Crippen molar-refractivity contribution in [1.82, 2.24) is 24.6 Å². The third-order valence-electron chi connectivity index (χ3n) is 6.74. The fraction of sp³-hybridized carbons (Fsp3) is 0.308. The van der Waals surface area contributed by atoms with E-state index in [1.54, 1.807) is 6.92 Å². The highest BCUT2D eigenvalue weighted by atomic mass is 32.2. The van der Waals surface area contributed by atoms with Gasteiger partial charge in [-0.2, -0.15) is 30.6 Å². The van der Waals surface area contributed by atoms with Crippen LogP contribution in [-0.2, 0) is 33.7 Å². The van der Waals surface area contributed by atoms with Gasteiger partial charge < -0.3 is 9.73 Å². The third kappa shape index (κ3) is 6.17. The van der Waals surface area contributed by atoms with Crippen molar-refractivity contribution in [3.8, 4) is 11.3 Å². The molecule has 43 heavy (non-hydrogen) atoms. The molecule has 5 rings (SSSR count). The normalized spacial score (nSPS) is 18.3. The van der Waals surface area contributed by atoms with Crippen LogP contribution in [-0.4, -0.2) is 46.2 Å². The molecule has 1 aliphatic rings. The number of hydrogen-bond donors (Lipinski definition) is 1.